The summed E-state index contributed by atoms with van der Waals surface area (Å²) in [5, 5.41) is 3.06. The molecule has 1 fully saturated rings. The van der Waals surface area contributed by atoms with Crippen molar-refractivity contribution in [2.45, 2.75) is 69.0 Å². The van der Waals surface area contributed by atoms with Crippen molar-refractivity contribution in [3.63, 3.8) is 0 Å². The van der Waals surface area contributed by atoms with E-state index in [-0.39, 0.29) is 54.2 Å². The molecule has 1 saturated carbocycles. The van der Waals surface area contributed by atoms with Crippen LogP contribution in [0.2, 0.25) is 0 Å². The molecular weight excluding hydrogens is 546 g/mol. The molecule has 0 spiro atoms. The Bertz CT molecular complexity index is 1240. The Morgan fingerprint density at radius 1 is 1.11 bits per heavy atom. The molecule has 1 heterocycles. The van der Waals surface area contributed by atoms with Gasteiger partial charge >= 0.3 is 0 Å². The van der Waals surface area contributed by atoms with Gasteiger partial charge in [0.15, 0.2) is 0 Å². The van der Waals surface area contributed by atoms with Gasteiger partial charge in [0.1, 0.15) is 10.9 Å². The molecule has 0 unspecified atom stereocenters. The number of carbonyl (C=O) groups excluding carboxylic acids is 3. The monoisotopic (exact) mass is 575 g/mol. The number of rotatable bonds is 9. The normalized spacial score (nSPS) is 17.6. The van der Waals surface area contributed by atoms with Crippen LogP contribution in [0.5, 0.6) is 0 Å². The summed E-state index contributed by atoms with van der Waals surface area (Å²) in [5.41, 5.74) is 1.03. The lowest BCUT2D eigenvalue weighted by molar-refractivity contribution is -0.141. The van der Waals surface area contributed by atoms with Crippen molar-refractivity contribution in [3.05, 3.63) is 64.1 Å². The van der Waals surface area contributed by atoms with E-state index in [0.29, 0.717) is 0 Å². The highest BCUT2D eigenvalue weighted by molar-refractivity contribution is 9.10. The fraction of sp³-hybridized carbons (Fsp3) is 0.423. The van der Waals surface area contributed by atoms with Gasteiger partial charge in [-0.2, -0.15) is 0 Å². The number of sulfonamides is 1. The van der Waals surface area contributed by atoms with Crippen LogP contribution in [0.3, 0.4) is 0 Å². The Balaban J connectivity index is 1.43. The first-order chi connectivity index (χ1) is 17.2. The van der Waals surface area contributed by atoms with Crippen LogP contribution in [0.1, 0.15) is 61.4 Å². The maximum absolute atomic E-state index is 13.3. The van der Waals surface area contributed by atoms with Gasteiger partial charge < -0.3 is 10.2 Å². The van der Waals surface area contributed by atoms with E-state index in [1.807, 2.05) is 24.3 Å². The van der Waals surface area contributed by atoms with Crippen LogP contribution in [0.15, 0.2) is 57.9 Å². The van der Waals surface area contributed by atoms with Gasteiger partial charge in [-0.3, -0.25) is 14.4 Å². The standard InChI is InChI=1S/C26H30BrN3O5S/c1-18(25(32)28-21-7-2-3-8-21)29(17-19-12-14-20(27)15-13-19)24(31)11-6-16-30-26(33)22-9-4-5-10-23(22)36(30,34)35/h4-5,9-10,12-15,18,21H,2-3,6-8,11,16-17H2,1H3,(H,28,32)/t18-/m1/s1. The Hall–Kier alpha value is -2.72. The lowest BCUT2D eigenvalue weighted by Gasteiger charge is -2.30. The molecule has 0 aromatic heterocycles. The maximum Gasteiger partial charge on any atom is 0.269 e. The molecule has 2 aromatic carbocycles. The zero-order valence-corrected chi connectivity index (χ0v) is 22.6. The van der Waals surface area contributed by atoms with Crippen molar-refractivity contribution < 1.29 is 22.8 Å². The molecule has 0 bridgehead atoms. The van der Waals surface area contributed by atoms with E-state index in [9.17, 15) is 22.8 Å². The minimum Gasteiger partial charge on any atom is -0.352 e. The molecule has 8 nitrogen and oxygen atoms in total. The molecule has 2 aromatic rings. The van der Waals surface area contributed by atoms with Crippen LogP contribution < -0.4 is 5.32 Å². The van der Waals surface area contributed by atoms with Gasteiger partial charge in [0.05, 0.1) is 5.56 Å². The number of fused-ring (bicyclic) bond motifs is 1. The van der Waals surface area contributed by atoms with Crippen LogP contribution in [0.25, 0.3) is 0 Å². The van der Waals surface area contributed by atoms with E-state index < -0.39 is 22.0 Å². The topological polar surface area (TPSA) is 104 Å². The predicted octanol–water partition coefficient (Wildman–Crippen LogP) is 3.85. The zero-order valence-electron chi connectivity index (χ0n) is 20.2. The molecule has 1 aliphatic carbocycles. The Morgan fingerprint density at radius 3 is 2.44 bits per heavy atom. The summed E-state index contributed by atoms with van der Waals surface area (Å²) in [4.78, 5) is 40.5. The van der Waals surface area contributed by atoms with Crippen molar-refractivity contribution in [1.29, 1.82) is 0 Å². The lowest BCUT2D eigenvalue weighted by atomic mass is 10.1. The molecule has 36 heavy (non-hydrogen) atoms. The molecule has 0 saturated heterocycles. The summed E-state index contributed by atoms with van der Waals surface area (Å²) in [6, 6.07) is 13.1. The number of hydrogen-bond donors (Lipinski definition) is 1. The van der Waals surface area contributed by atoms with E-state index in [2.05, 4.69) is 21.2 Å². The van der Waals surface area contributed by atoms with Crippen molar-refractivity contribution in [1.82, 2.24) is 14.5 Å². The first-order valence-corrected chi connectivity index (χ1v) is 14.4. The van der Waals surface area contributed by atoms with E-state index in [0.717, 1.165) is 40.0 Å². The third kappa shape index (κ3) is 5.64. The summed E-state index contributed by atoms with van der Waals surface area (Å²) in [5.74, 6) is -1.04. The van der Waals surface area contributed by atoms with Gasteiger partial charge in [0.2, 0.25) is 11.8 Å². The van der Waals surface area contributed by atoms with Gasteiger partial charge in [0.25, 0.3) is 15.9 Å². The second kappa shape index (κ2) is 11.1. The molecule has 3 amide bonds. The fourth-order valence-corrected chi connectivity index (χ4v) is 6.60. The number of amides is 3. The average Bonchev–Trinajstić information content (AvgIpc) is 3.44. The number of carbonyl (C=O) groups is 3. The molecule has 1 atom stereocenters. The Kier molecular flexibility index (Phi) is 8.14. The molecule has 2 aliphatic rings. The van der Waals surface area contributed by atoms with Crippen molar-refractivity contribution in [3.8, 4) is 0 Å². The largest absolute Gasteiger partial charge is 0.352 e. The third-order valence-corrected chi connectivity index (χ3v) is 9.17. The van der Waals surface area contributed by atoms with Crippen molar-refractivity contribution in [2.75, 3.05) is 6.54 Å². The molecular formula is C26H30BrN3O5S. The quantitative estimate of drug-likeness (QED) is 0.489. The highest BCUT2D eigenvalue weighted by Gasteiger charge is 2.40. The minimum atomic E-state index is -3.92. The van der Waals surface area contributed by atoms with E-state index >= 15 is 0 Å². The predicted molar refractivity (Wildman–Crippen MR) is 138 cm³/mol. The minimum absolute atomic E-state index is 0.00426. The second-order valence-corrected chi connectivity index (χ2v) is 12.0. The molecule has 1 aliphatic heterocycles. The zero-order chi connectivity index (χ0) is 25.9. The van der Waals surface area contributed by atoms with Crippen LogP contribution in [0, 0.1) is 0 Å². The number of hydrogen-bond acceptors (Lipinski definition) is 5. The molecule has 4 rings (SSSR count). The van der Waals surface area contributed by atoms with E-state index in [1.165, 1.54) is 17.0 Å². The third-order valence-electron chi connectivity index (χ3n) is 6.80. The van der Waals surface area contributed by atoms with Gasteiger partial charge in [-0.05, 0) is 56.0 Å². The van der Waals surface area contributed by atoms with Crippen LogP contribution in [-0.4, -0.2) is 54.0 Å². The summed E-state index contributed by atoms with van der Waals surface area (Å²) < 4.78 is 27.3. The number of halogens is 1. The number of nitrogens with one attached hydrogen (secondary N) is 1. The summed E-state index contributed by atoms with van der Waals surface area (Å²) >= 11 is 3.41. The van der Waals surface area contributed by atoms with Gasteiger partial charge in [0, 0.05) is 30.0 Å². The SMILES string of the molecule is C[C@H](C(=O)NC1CCCC1)N(Cc1ccc(Br)cc1)C(=O)CCCN1C(=O)c2ccccc2S1(=O)=O. The lowest BCUT2D eigenvalue weighted by Crippen LogP contribution is -2.49. The number of nitrogens with zero attached hydrogens (tertiary/aromatic N) is 2. The van der Waals surface area contributed by atoms with Gasteiger partial charge in [-0.25, -0.2) is 12.7 Å². The fourth-order valence-electron chi connectivity index (χ4n) is 4.73. The Morgan fingerprint density at radius 2 is 1.78 bits per heavy atom. The number of benzene rings is 2. The average molecular weight is 577 g/mol. The summed E-state index contributed by atoms with van der Waals surface area (Å²) in [6.07, 6.45) is 4.23. The first kappa shape index (κ1) is 26.3. The highest BCUT2D eigenvalue weighted by Crippen LogP contribution is 2.30. The maximum atomic E-state index is 13.3. The van der Waals surface area contributed by atoms with E-state index in [1.54, 1.807) is 19.1 Å². The highest BCUT2D eigenvalue weighted by atomic mass is 79.9. The second-order valence-electron chi connectivity index (χ2n) is 9.30. The van der Waals surface area contributed by atoms with Gasteiger partial charge in [-0.15, -0.1) is 0 Å². The van der Waals surface area contributed by atoms with Crippen molar-refractivity contribution >= 4 is 43.7 Å². The Labute approximate surface area is 220 Å². The van der Waals surface area contributed by atoms with Crippen molar-refractivity contribution in [2.24, 2.45) is 0 Å². The summed E-state index contributed by atoms with van der Waals surface area (Å²) in [6.45, 7) is 1.86. The summed E-state index contributed by atoms with van der Waals surface area (Å²) in [7, 11) is -3.92. The van der Waals surface area contributed by atoms with E-state index in [4.69, 9.17) is 0 Å². The van der Waals surface area contributed by atoms with Crippen LogP contribution in [-0.2, 0) is 26.2 Å². The molecule has 0 radical (unpaired) electrons. The van der Waals surface area contributed by atoms with Gasteiger partial charge in [-0.1, -0.05) is 53.0 Å². The van der Waals surface area contributed by atoms with Crippen LogP contribution in [0.4, 0.5) is 0 Å². The molecule has 1 N–H and O–H groups in total. The smallest absolute Gasteiger partial charge is 0.269 e. The molecule has 10 heteroatoms. The molecule has 192 valence electrons. The van der Waals surface area contributed by atoms with Crippen LogP contribution >= 0.6 is 15.9 Å². The first-order valence-electron chi connectivity index (χ1n) is 12.2.